The number of nitrogens with zero attached hydrogens (tertiary/aromatic N) is 3. The molecule has 22 heavy (non-hydrogen) atoms. The molecule has 8 heteroatoms. The highest BCUT2D eigenvalue weighted by atomic mass is 35.5. The van der Waals surface area contributed by atoms with Crippen LogP contribution in [0.5, 0.6) is 0 Å². The molecule has 1 aromatic heterocycles. The van der Waals surface area contributed by atoms with Gasteiger partial charge in [0.1, 0.15) is 0 Å². The summed E-state index contributed by atoms with van der Waals surface area (Å²) in [7, 11) is 1.71. The number of halogens is 1. The van der Waals surface area contributed by atoms with E-state index in [0.717, 1.165) is 11.3 Å². The Kier molecular flexibility index (Phi) is 5.10. The minimum atomic E-state index is -0.494. The maximum absolute atomic E-state index is 12.0. The molecule has 0 saturated heterocycles. The van der Waals surface area contributed by atoms with E-state index in [4.69, 9.17) is 11.6 Å². The Morgan fingerprint density at radius 3 is 2.50 bits per heavy atom. The SMILES string of the molecule is Cc1ccc(N/C(S)=N/NC(=O)c2nn(C)c(C)c2Cl)cc1. The van der Waals surface area contributed by atoms with Gasteiger partial charge in [-0.25, -0.2) is 5.43 Å². The van der Waals surface area contributed by atoms with Crippen molar-refractivity contribution in [3.63, 3.8) is 0 Å². The molecule has 0 bridgehead atoms. The maximum atomic E-state index is 12.0. The molecule has 0 spiro atoms. The first-order valence-corrected chi connectivity index (χ1v) is 7.30. The first-order chi connectivity index (χ1) is 10.4. The molecule has 1 heterocycles. The molecule has 0 fully saturated rings. The highest BCUT2D eigenvalue weighted by Crippen LogP contribution is 2.18. The Morgan fingerprint density at radius 2 is 1.95 bits per heavy atom. The molecule has 0 aliphatic carbocycles. The first kappa shape index (κ1) is 16.4. The van der Waals surface area contributed by atoms with Crippen molar-refractivity contribution in [3.8, 4) is 0 Å². The topological polar surface area (TPSA) is 71.3 Å². The molecule has 0 aliphatic heterocycles. The van der Waals surface area contributed by atoms with Crippen LogP contribution < -0.4 is 10.7 Å². The van der Waals surface area contributed by atoms with Crippen molar-refractivity contribution >= 4 is 41.0 Å². The van der Waals surface area contributed by atoms with Crippen LogP contribution in [0.1, 0.15) is 21.7 Å². The van der Waals surface area contributed by atoms with Crippen LogP contribution >= 0.6 is 24.2 Å². The second kappa shape index (κ2) is 6.85. The molecule has 2 N–H and O–H groups in total. The third-order valence-corrected chi connectivity index (χ3v) is 3.71. The minimum absolute atomic E-state index is 0.127. The Bertz CT molecular complexity index is 724. The van der Waals surface area contributed by atoms with E-state index >= 15 is 0 Å². The summed E-state index contributed by atoms with van der Waals surface area (Å²) in [4.78, 5) is 12.0. The van der Waals surface area contributed by atoms with Gasteiger partial charge in [0, 0.05) is 12.7 Å². The fraction of sp³-hybridized carbons (Fsp3) is 0.214. The smallest absolute Gasteiger partial charge is 0.293 e. The van der Waals surface area contributed by atoms with Gasteiger partial charge in [-0.3, -0.25) is 9.48 Å². The number of hydrazone groups is 1. The molecule has 1 amide bonds. The van der Waals surface area contributed by atoms with Gasteiger partial charge in [0.25, 0.3) is 5.91 Å². The Hall–Kier alpha value is -1.99. The van der Waals surface area contributed by atoms with Crippen LogP contribution in [0.3, 0.4) is 0 Å². The zero-order valence-electron chi connectivity index (χ0n) is 12.4. The summed E-state index contributed by atoms with van der Waals surface area (Å²) in [5, 5.41) is 11.4. The normalized spacial score (nSPS) is 11.4. The number of carbonyl (C=O) groups excluding carboxylic acids is 1. The largest absolute Gasteiger partial charge is 0.334 e. The van der Waals surface area contributed by atoms with E-state index in [9.17, 15) is 4.79 Å². The van der Waals surface area contributed by atoms with Gasteiger partial charge >= 0.3 is 0 Å². The lowest BCUT2D eigenvalue weighted by Crippen LogP contribution is -2.21. The molecule has 0 aliphatic rings. The van der Waals surface area contributed by atoms with Gasteiger partial charge in [-0.2, -0.15) is 5.10 Å². The number of aromatic nitrogens is 2. The summed E-state index contributed by atoms with van der Waals surface area (Å²) >= 11 is 10.2. The predicted octanol–water partition coefficient (Wildman–Crippen LogP) is 2.73. The zero-order chi connectivity index (χ0) is 16.3. The monoisotopic (exact) mass is 337 g/mol. The Labute approximate surface area is 139 Å². The lowest BCUT2D eigenvalue weighted by molar-refractivity contribution is 0.0949. The van der Waals surface area contributed by atoms with E-state index in [-0.39, 0.29) is 10.9 Å². The van der Waals surface area contributed by atoms with Crippen LogP contribution in [0.15, 0.2) is 29.4 Å². The van der Waals surface area contributed by atoms with Crippen molar-refractivity contribution < 1.29 is 4.79 Å². The second-order valence-corrected chi connectivity index (χ2v) is 5.54. The molecule has 2 aromatic rings. The van der Waals surface area contributed by atoms with Crippen LogP contribution in [-0.2, 0) is 7.05 Å². The zero-order valence-corrected chi connectivity index (χ0v) is 14.0. The van der Waals surface area contributed by atoms with E-state index in [1.807, 2.05) is 31.2 Å². The van der Waals surface area contributed by atoms with E-state index in [0.29, 0.717) is 10.7 Å². The molecule has 6 nitrogen and oxygen atoms in total. The fourth-order valence-corrected chi connectivity index (χ4v) is 2.10. The maximum Gasteiger partial charge on any atom is 0.293 e. The van der Waals surface area contributed by atoms with Gasteiger partial charge in [0.15, 0.2) is 10.9 Å². The summed E-state index contributed by atoms with van der Waals surface area (Å²) in [6, 6.07) is 7.70. The average molecular weight is 338 g/mol. The fourth-order valence-electron chi connectivity index (χ4n) is 1.68. The van der Waals surface area contributed by atoms with E-state index in [1.165, 1.54) is 4.68 Å². The molecule has 116 valence electrons. The highest BCUT2D eigenvalue weighted by Gasteiger charge is 2.17. The van der Waals surface area contributed by atoms with Crippen molar-refractivity contribution in [2.45, 2.75) is 13.8 Å². The number of hydrogen-bond acceptors (Lipinski definition) is 3. The Morgan fingerprint density at radius 1 is 1.32 bits per heavy atom. The molecule has 0 radical (unpaired) electrons. The number of nitrogens with one attached hydrogen (secondary N) is 2. The predicted molar refractivity (Wildman–Crippen MR) is 91.6 cm³/mol. The number of aryl methyl sites for hydroxylation is 2. The van der Waals surface area contributed by atoms with E-state index in [2.05, 4.69) is 33.6 Å². The third-order valence-electron chi connectivity index (χ3n) is 3.05. The molecule has 2 rings (SSSR count). The first-order valence-electron chi connectivity index (χ1n) is 6.48. The quantitative estimate of drug-likeness (QED) is 0.349. The van der Waals surface area contributed by atoms with Crippen molar-refractivity contribution in [2.75, 3.05) is 5.32 Å². The van der Waals surface area contributed by atoms with E-state index < -0.39 is 5.91 Å². The van der Waals surface area contributed by atoms with Crippen LogP contribution in [0.25, 0.3) is 0 Å². The second-order valence-electron chi connectivity index (χ2n) is 4.74. The number of hydrogen-bond donors (Lipinski definition) is 3. The van der Waals surface area contributed by atoms with Gasteiger partial charge in [-0.05, 0) is 26.0 Å². The summed E-state index contributed by atoms with van der Waals surface area (Å²) < 4.78 is 1.53. The van der Waals surface area contributed by atoms with Gasteiger partial charge in [-0.1, -0.05) is 29.3 Å². The summed E-state index contributed by atoms with van der Waals surface area (Å²) in [6.07, 6.45) is 0. The van der Waals surface area contributed by atoms with Crippen molar-refractivity contribution in [3.05, 3.63) is 46.2 Å². The van der Waals surface area contributed by atoms with Gasteiger partial charge in [-0.15, -0.1) is 17.7 Å². The molecule has 0 unspecified atom stereocenters. The van der Waals surface area contributed by atoms with Gasteiger partial charge in [0.2, 0.25) is 0 Å². The van der Waals surface area contributed by atoms with Crippen LogP contribution in [-0.4, -0.2) is 20.9 Å². The molecule has 1 aromatic carbocycles. The number of carbonyl (C=O) groups is 1. The third kappa shape index (κ3) is 3.80. The molecule has 0 saturated carbocycles. The number of benzene rings is 1. The highest BCUT2D eigenvalue weighted by molar-refractivity contribution is 7.97. The number of amidine groups is 1. The molecular formula is C14H16ClN5OS. The van der Waals surface area contributed by atoms with Crippen molar-refractivity contribution in [1.29, 1.82) is 0 Å². The number of rotatable bonds is 3. The molecular weight excluding hydrogens is 322 g/mol. The number of anilines is 1. The number of amides is 1. The summed E-state index contributed by atoms with van der Waals surface area (Å²) in [5.41, 5.74) is 5.17. The van der Waals surface area contributed by atoms with Crippen molar-refractivity contribution in [1.82, 2.24) is 15.2 Å². The lowest BCUT2D eigenvalue weighted by atomic mass is 10.2. The minimum Gasteiger partial charge on any atom is -0.334 e. The Balaban J connectivity index is 2.02. The van der Waals surface area contributed by atoms with Crippen molar-refractivity contribution in [2.24, 2.45) is 12.1 Å². The molecule has 0 atom stereocenters. The van der Waals surface area contributed by atoms with E-state index in [1.54, 1.807) is 14.0 Å². The van der Waals surface area contributed by atoms with Crippen LogP contribution in [0.2, 0.25) is 5.02 Å². The van der Waals surface area contributed by atoms with Crippen LogP contribution in [0.4, 0.5) is 5.69 Å². The summed E-state index contributed by atoms with van der Waals surface area (Å²) in [5.74, 6) is -0.494. The standard InChI is InChI=1S/C14H16ClN5OS/c1-8-4-6-10(7-5-8)16-14(22)18-17-13(21)12-11(15)9(2)20(3)19-12/h4-7H,1-3H3,(H,17,21)(H2,16,18,22). The number of thiol groups is 1. The average Bonchev–Trinajstić information content (AvgIpc) is 2.75. The van der Waals surface area contributed by atoms with Crippen LogP contribution in [0, 0.1) is 13.8 Å². The summed E-state index contributed by atoms with van der Waals surface area (Å²) in [6.45, 7) is 3.77. The van der Waals surface area contributed by atoms with Gasteiger partial charge in [0.05, 0.1) is 10.7 Å². The van der Waals surface area contributed by atoms with Gasteiger partial charge < -0.3 is 5.32 Å². The lowest BCUT2D eigenvalue weighted by Gasteiger charge is -2.05.